The first-order valence-corrected chi connectivity index (χ1v) is 19.2. The molecular weight excluding hydrogens is 727 g/mol. The molecule has 5 aromatic rings. The van der Waals surface area contributed by atoms with E-state index in [0.717, 1.165) is 94.6 Å². The normalized spacial score (nSPS) is 16.0. The average Bonchev–Trinajstić information content (AvgIpc) is 3.21. The molecule has 2 aliphatic heterocycles. The minimum Gasteiger partial charge on any atom is -0.379 e. The first-order valence-electron chi connectivity index (χ1n) is 19.2. The molecule has 12 heteroatoms. The zero-order valence-electron chi connectivity index (χ0n) is 31.1. The van der Waals surface area contributed by atoms with Crippen LogP contribution in [-0.2, 0) is 41.6 Å². The van der Waals surface area contributed by atoms with Crippen molar-refractivity contribution in [1.29, 1.82) is 0 Å². The Hall–Kier alpha value is -4.91. The second kappa shape index (κ2) is 17.5. The topological polar surface area (TPSA) is 58.0 Å². The van der Waals surface area contributed by atoms with Crippen molar-refractivity contribution in [3.05, 3.63) is 141 Å². The van der Waals surface area contributed by atoms with Crippen molar-refractivity contribution in [2.24, 2.45) is 0 Å². The predicted octanol–water partition coefficient (Wildman–Crippen LogP) is 7.58. The van der Waals surface area contributed by atoms with E-state index in [1.54, 1.807) is 24.3 Å². The summed E-state index contributed by atoms with van der Waals surface area (Å²) in [5.41, 5.74) is 2.67. The molecule has 56 heavy (non-hydrogen) atoms. The number of morpholine rings is 1. The summed E-state index contributed by atoms with van der Waals surface area (Å²) < 4.78 is 75.5. The van der Waals surface area contributed by atoms with E-state index in [1.807, 2.05) is 33.7 Å². The van der Waals surface area contributed by atoms with E-state index < -0.39 is 23.4 Å². The fraction of sp³-hybridized carbons (Fsp3) is 0.364. The predicted molar refractivity (Wildman–Crippen MR) is 206 cm³/mol. The van der Waals surface area contributed by atoms with Crippen molar-refractivity contribution in [1.82, 2.24) is 19.3 Å². The summed E-state index contributed by atoms with van der Waals surface area (Å²) in [5, 5.41) is 0.458. The van der Waals surface area contributed by atoms with Crippen molar-refractivity contribution in [3.63, 3.8) is 0 Å². The molecule has 2 fully saturated rings. The number of aryl methyl sites for hydroxylation is 2. The Kier molecular flexibility index (Phi) is 12.3. The molecule has 0 spiro atoms. The van der Waals surface area contributed by atoms with Crippen LogP contribution in [-0.4, -0.2) is 83.7 Å². The second-order valence-electron chi connectivity index (χ2n) is 14.6. The number of pyridine rings is 1. The van der Waals surface area contributed by atoms with Crippen molar-refractivity contribution in [3.8, 4) is 11.1 Å². The van der Waals surface area contributed by atoms with Gasteiger partial charge in [-0.15, -0.1) is 0 Å². The number of rotatable bonds is 12. The average molecular weight is 773 g/mol. The number of halogens is 5. The molecule has 7 nitrogen and oxygen atoms in total. The lowest BCUT2D eigenvalue weighted by molar-refractivity contribution is -0.137. The lowest BCUT2D eigenvalue weighted by Crippen LogP contribution is -2.49. The highest BCUT2D eigenvalue weighted by Crippen LogP contribution is 2.31. The number of benzene rings is 4. The van der Waals surface area contributed by atoms with Gasteiger partial charge in [0.1, 0.15) is 6.54 Å². The Balaban J connectivity index is 1.14. The molecule has 4 aromatic carbocycles. The van der Waals surface area contributed by atoms with Crippen LogP contribution in [0.3, 0.4) is 0 Å². The summed E-state index contributed by atoms with van der Waals surface area (Å²) in [6.07, 6.45) is -2.53. The zero-order chi connectivity index (χ0) is 39.2. The Morgan fingerprint density at radius 1 is 0.768 bits per heavy atom. The highest BCUT2D eigenvalue weighted by Gasteiger charge is 2.31. The number of amides is 1. The maximum atomic E-state index is 14.7. The summed E-state index contributed by atoms with van der Waals surface area (Å²) in [5.74, 6) is -2.01. The number of hydrogen-bond donors (Lipinski definition) is 0. The quantitative estimate of drug-likeness (QED) is 0.123. The van der Waals surface area contributed by atoms with E-state index in [-0.39, 0.29) is 42.3 Å². The smallest absolute Gasteiger partial charge is 0.379 e. The summed E-state index contributed by atoms with van der Waals surface area (Å²) in [6, 6.07) is 25.1. The molecule has 3 heterocycles. The molecule has 2 aliphatic rings. The SMILES string of the molecule is O=C(Cn1c(CCc2cccc(F)c2F)cc(=O)c2ccccc21)N(Cc1ccc(-c2ccc(C(F)(F)F)cc2)cc1)C1CCN(CCN2CCOCC2)CC1. The first kappa shape index (κ1) is 39.3. The Bertz CT molecular complexity index is 2180. The second-order valence-corrected chi connectivity index (χ2v) is 14.6. The fourth-order valence-electron chi connectivity index (χ4n) is 7.84. The van der Waals surface area contributed by atoms with Crippen LogP contribution in [0.2, 0.25) is 0 Å². The first-order chi connectivity index (χ1) is 27.0. The van der Waals surface area contributed by atoms with Gasteiger partial charge in [0.25, 0.3) is 0 Å². The number of likely N-dealkylation sites (tertiary alicyclic amines) is 1. The molecule has 0 bridgehead atoms. The van der Waals surface area contributed by atoms with E-state index in [0.29, 0.717) is 28.7 Å². The summed E-state index contributed by atoms with van der Waals surface area (Å²) in [4.78, 5) is 34.7. The third kappa shape index (κ3) is 9.37. The maximum Gasteiger partial charge on any atom is 0.416 e. The summed E-state index contributed by atoms with van der Waals surface area (Å²) in [6.45, 7) is 7.15. The molecule has 294 valence electrons. The fourth-order valence-corrected chi connectivity index (χ4v) is 7.84. The van der Waals surface area contributed by atoms with Gasteiger partial charge in [-0.25, -0.2) is 8.78 Å². The van der Waals surface area contributed by atoms with Crippen molar-refractivity contribution in [2.45, 2.75) is 51.0 Å². The van der Waals surface area contributed by atoms with Gasteiger partial charge in [0, 0.05) is 69.0 Å². The molecular formula is C44H45F5N4O3. The largest absolute Gasteiger partial charge is 0.416 e. The van der Waals surface area contributed by atoms with E-state index in [2.05, 4.69) is 9.80 Å². The van der Waals surface area contributed by atoms with Gasteiger partial charge in [0.15, 0.2) is 17.1 Å². The number of alkyl halides is 3. The van der Waals surface area contributed by atoms with Crippen LogP contribution in [0.1, 0.15) is 35.2 Å². The number of carbonyl (C=O) groups is 1. The van der Waals surface area contributed by atoms with Crippen LogP contribution < -0.4 is 5.43 Å². The monoisotopic (exact) mass is 772 g/mol. The number of nitrogens with zero attached hydrogens (tertiary/aromatic N) is 4. The molecule has 0 atom stereocenters. The zero-order valence-corrected chi connectivity index (χ0v) is 31.1. The number of carbonyl (C=O) groups excluding carboxylic acids is 1. The molecule has 0 aliphatic carbocycles. The van der Waals surface area contributed by atoms with E-state index >= 15 is 0 Å². The number of aromatic nitrogens is 1. The molecule has 7 rings (SSSR count). The minimum absolute atomic E-state index is 0.0628. The van der Waals surface area contributed by atoms with Gasteiger partial charge in [-0.1, -0.05) is 60.7 Å². The van der Waals surface area contributed by atoms with Gasteiger partial charge < -0.3 is 19.1 Å². The Labute approximate surface area is 322 Å². The standard InChI is InChI=1S/C44H45F5N4O3/c45-39-6-3-4-34(43(39)46)14-17-37-28-41(54)38-5-1-2-7-40(38)52(37)30-42(55)53(36-18-20-50(21-19-36)22-23-51-24-26-56-27-25-51)29-31-8-10-32(11-9-31)33-12-15-35(16-13-33)44(47,48)49/h1-13,15-16,28,36H,14,17-27,29-30H2. The maximum absolute atomic E-state index is 14.7. The van der Waals surface area contributed by atoms with Crippen LogP contribution in [0, 0.1) is 11.6 Å². The number of piperidine rings is 1. The van der Waals surface area contributed by atoms with Gasteiger partial charge in [-0.05, 0) is 78.3 Å². The number of fused-ring (bicyclic) bond motifs is 1. The Morgan fingerprint density at radius 3 is 2.09 bits per heavy atom. The van der Waals surface area contributed by atoms with E-state index in [9.17, 15) is 31.5 Å². The van der Waals surface area contributed by atoms with Gasteiger partial charge in [-0.2, -0.15) is 13.2 Å². The van der Waals surface area contributed by atoms with Crippen LogP contribution in [0.4, 0.5) is 22.0 Å². The van der Waals surface area contributed by atoms with Crippen LogP contribution in [0.25, 0.3) is 22.0 Å². The van der Waals surface area contributed by atoms with Gasteiger partial charge >= 0.3 is 6.18 Å². The highest BCUT2D eigenvalue weighted by molar-refractivity contribution is 5.83. The van der Waals surface area contributed by atoms with Crippen LogP contribution in [0.5, 0.6) is 0 Å². The van der Waals surface area contributed by atoms with Gasteiger partial charge in [0.2, 0.25) is 5.91 Å². The van der Waals surface area contributed by atoms with Crippen LogP contribution in [0.15, 0.2) is 102 Å². The molecule has 1 amide bonds. The van der Waals surface area contributed by atoms with E-state index in [1.165, 1.54) is 30.3 Å². The molecule has 0 radical (unpaired) electrons. The van der Waals surface area contributed by atoms with Crippen molar-refractivity contribution < 1.29 is 31.5 Å². The molecule has 0 N–H and O–H groups in total. The third-order valence-electron chi connectivity index (χ3n) is 11.1. The minimum atomic E-state index is -4.42. The van der Waals surface area contributed by atoms with E-state index in [4.69, 9.17) is 4.74 Å². The molecule has 1 aromatic heterocycles. The van der Waals surface area contributed by atoms with Crippen molar-refractivity contribution in [2.75, 3.05) is 52.5 Å². The Morgan fingerprint density at radius 2 is 1.41 bits per heavy atom. The summed E-state index contributed by atoms with van der Waals surface area (Å²) >= 11 is 0. The number of para-hydroxylation sites is 1. The number of ether oxygens (including phenoxy) is 1. The summed E-state index contributed by atoms with van der Waals surface area (Å²) in [7, 11) is 0. The van der Waals surface area contributed by atoms with Crippen LogP contribution >= 0.6 is 0 Å². The molecule has 2 saturated heterocycles. The molecule has 0 unspecified atom stereocenters. The molecule has 0 saturated carbocycles. The highest BCUT2D eigenvalue weighted by atomic mass is 19.4. The third-order valence-corrected chi connectivity index (χ3v) is 11.1. The van der Waals surface area contributed by atoms with Gasteiger partial charge in [-0.3, -0.25) is 14.5 Å². The van der Waals surface area contributed by atoms with Crippen molar-refractivity contribution >= 4 is 16.8 Å². The van der Waals surface area contributed by atoms with Gasteiger partial charge in [0.05, 0.1) is 24.3 Å². The lowest BCUT2D eigenvalue weighted by atomic mass is 10.00. The lowest BCUT2D eigenvalue weighted by Gasteiger charge is -2.39. The number of hydrogen-bond acceptors (Lipinski definition) is 5.